The van der Waals surface area contributed by atoms with Crippen LogP contribution in [0.15, 0.2) is 29.2 Å². The first-order valence-corrected chi connectivity index (χ1v) is 7.42. The minimum absolute atomic E-state index is 0.0880. The van der Waals surface area contributed by atoms with E-state index in [0.717, 1.165) is 6.42 Å². The number of ether oxygens (including phenoxy) is 1. The van der Waals surface area contributed by atoms with E-state index in [0.29, 0.717) is 18.3 Å². The molecule has 0 fully saturated rings. The van der Waals surface area contributed by atoms with Crippen LogP contribution < -0.4 is 4.74 Å². The standard InChI is InChI=1S/C11H15ClO3S/c1-3-9(2)8-15-10-4-6-11(7-5-10)16(12,13)14/h4-7,9H,3,8H2,1-2H3. The van der Waals surface area contributed by atoms with Gasteiger partial charge in [0.25, 0.3) is 9.05 Å². The number of halogens is 1. The summed E-state index contributed by atoms with van der Waals surface area (Å²) >= 11 is 0. The van der Waals surface area contributed by atoms with E-state index in [1.807, 2.05) is 0 Å². The molecule has 1 atom stereocenters. The van der Waals surface area contributed by atoms with Crippen molar-refractivity contribution in [3.8, 4) is 5.75 Å². The van der Waals surface area contributed by atoms with Crippen LogP contribution in [0.4, 0.5) is 0 Å². The number of hydrogen-bond donors (Lipinski definition) is 0. The fourth-order valence-corrected chi connectivity index (χ4v) is 1.82. The third kappa shape index (κ3) is 4.02. The van der Waals surface area contributed by atoms with Crippen LogP contribution >= 0.6 is 10.7 Å². The molecule has 0 N–H and O–H groups in total. The second-order valence-electron chi connectivity index (χ2n) is 3.73. The molecule has 0 bridgehead atoms. The SMILES string of the molecule is CCC(C)COc1ccc(S(=O)(=O)Cl)cc1. The third-order valence-electron chi connectivity index (χ3n) is 2.34. The van der Waals surface area contributed by atoms with E-state index < -0.39 is 9.05 Å². The Morgan fingerprint density at radius 1 is 1.31 bits per heavy atom. The van der Waals surface area contributed by atoms with Crippen molar-refractivity contribution in [2.45, 2.75) is 25.2 Å². The van der Waals surface area contributed by atoms with Gasteiger partial charge in [-0.15, -0.1) is 0 Å². The van der Waals surface area contributed by atoms with Crippen molar-refractivity contribution >= 4 is 19.7 Å². The highest BCUT2D eigenvalue weighted by atomic mass is 35.7. The van der Waals surface area contributed by atoms with Gasteiger partial charge < -0.3 is 4.74 Å². The summed E-state index contributed by atoms with van der Waals surface area (Å²) in [6.45, 7) is 4.82. The predicted molar refractivity (Wildman–Crippen MR) is 64.4 cm³/mol. The molecule has 1 unspecified atom stereocenters. The third-order valence-corrected chi connectivity index (χ3v) is 3.71. The van der Waals surface area contributed by atoms with E-state index in [9.17, 15) is 8.42 Å². The van der Waals surface area contributed by atoms with E-state index in [-0.39, 0.29) is 4.90 Å². The van der Waals surface area contributed by atoms with Crippen molar-refractivity contribution in [2.24, 2.45) is 5.92 Å². The van der Waals surface area contributed by atoms with Crippen molar-refractivity contribution in [2.75, 3.05) is 6.61 Å². The molecule has 3 nitrogen and oxygen atoms in total. The van der Waals surface area contributed by atoms with Crippen molar-refractivity contribution in [3.05, 3.63) is 24.3 Å². The fraction of sp³-hybridized carbons (Fsp3) is 0.455. The fourth-order valence-electron chi connectivity index (χ4n) is 1.05. The average molecular weight is 263 g/mol. The molecule has 5 heteroatoms. The summed E-state index contributed by atoms with van der Waals surface area (Å²) in [6.07, 6.45) is 1.05. The lowest BCUT2D eigenvalue weighted by Crippen LogP contribution is -2.07. The summed E-state index contributed by atoms with van der Waals surface area (Å²) in [4.78, 5) is 0.0880. The van der Waals surface area contributed by atoms with Gasteiger partial charge in [-0.05, 0) is 30.2 Å². The van der Waals surface area contributed by atoms with E-state index in [1.165, 1.54) is 12.1 Å². The number of rotatable bonds is 5. The molecule has 0 radical (unpaired) electrons. The molecule has 0 aliphatic carbocycles. The first kappa shape index (κ1) is 13.3. The molecule has 0 saturated heterocycles. The van der Waals surface area contributed by atoms with Crippen LogP contribution in [0.5, 0.6) is 5.75 Å². The predicted octanol–water partition coefficient (Wildman–Crippen LogP) is 3.04. The first-order valence-electron chi connectivity index (χ1n) is 5.11. The molecule has 0 spiro atoms. The van der Waals surface area contributed by atoms with Crippen molar-refractivity contribution in [3.63, 3.8) is 0 Å². The van der Waals surface area contributed by atoms with Gasteiger partial charge in [0.15, 0.2) is 0 Å². The second kappa shape index (κ2) is 5.55. The Kier molecular flexibility index (Phi) is 4.62. The summed E-state index contributed by atoms with van der Waals surface area (Å²) in [5, 5.41) is 0. The molecule has 0 aliphatic heterocycles. The van der Waals surface area contributed by atoms with Crippen LogP contribution in [0, 0.1) is 5.92 Å². The van der Waals surface area contributed by atoms with Crippen LogP contribution in [0.25, 0.3) is 0 Å². The van der Waals surface area contributed by atoms with E-state index >= 15 is 0 Å². The Morgan fingerprint density at radius 3 is 2.31 bits per heavy atom. The highest BCUT2D eigenvalue weighted by molar-refractivity contribution is 8.13. The smallest absolute Gasteiger partial charge is 0.261 e. The van der Waals surface area contributed by atoms with Crippen molar-refractivity contribution in [1.82, 2.24) is 0 Å². The van der Waals surface area contributed by atoms with Gasteiger partial charge in [-0.3, -0.25) is 0 Å². The molecule has 0 amide bonds. The van der Waals surface area contributed by atoms with Gasteiger partial charge in [0.05, 0.1) is 11.5 Å². The van der Waals surface area contributed by atoms with Crippen molar-refractivity contribution < 1.29 is 13.2 Å². The zero-order valence-electron chi connectivity index (χ0n) is 9.31. The normalized spacial score (nSPS) is 13.4. The van der Waals surface area contributed by atoms with Gasteiger partial charge >= 0.3 is 0 Å². The monoisotopic (exact) mass is 262 g/mol. The molecular weight excluding hydrogens is 248 g/mol. The van der Waals surface area contributed by atoms with Crippen LogP contribution in [-0.2, 0) is 9.05 Å². The lowest BCUT2D eigenvalue weighted by atomic mass is 10.1. The minimum Gasteiger partial charge on any atom is -0.493 e. The first-order chi connectivity index (χ1) is 7.43. The Morgan fingerprint density at radius 2 is 1.88 bits per heavy atom. The van der Waals surface area contributed by atoms with Crippen LogP contribution in [0.2, 0.25) is 0 Å². The van der Waals surface area contributed by atoms with E-state index in [4.69, 9.17) is 15.4 Å². The molecule has 0 aliphatic rings. The molecule has 1 rings (SSSR count). The molecule has 1 aromatic rings. The van der Waals surface area contributed by atoms with E-state index in [1.54, 1.807) is 12.1 Å². The van der Waals surface area contributed by atoms with Crippen LogP contribution in [0.3, 0.4) is 0 Å². The largest absolute Gasteiger partial charge is 0.493 e. The quantitative estimate of drug-likeness (QED) is 0.766. The topological polar surface area (TPSA) is 43.4 Å². The Hall–Kier alpha value is -0.740. The lowest BCUT2D eigenvalue weighted by Gasteiger charge is -2.10. The number of hydrogen-bond acceptors (Lipinski definition) is 3. The van der Waals surface area contributed by atoms with Crippen molar-refractivity contribution in [1.29, 1.82) is 0 Å². The second-order valence-corrected chi connectivity index (χ2v) is 6.30. The Balaban J connectivity index is 2.66. The van der Waals surface area contributed by atoms with Gasteiger partial charge in [-0.1, -0.05) is 20.3 Å². The maximum atomic E-state index is 11.0. The maximum Gasteiger partial charge on any atom is 0.261 e. The minimum atomic E-state index is -3.64. The highest BCUT2D eigenvalue weighted by Crippen LogP contribution is 2.19. The summed E-state index contributed by atoms with van der Waals surface area (Å²) < 4.78 is 27.5. The Bertz CT molecular complexity index is 425. The van der Waals surface area contributed by atoms with Gasteiger partial charge in [-0.25, -0.2) is 8.42 Å². The van der Waals surface area contributed by atoms with Gasteiger partial charge in [0.2, 0.25) is 0 Å². The molecule has 0 heterocycles. The molecule has 90 valence electrons. The molecule has 0 aromatic heterocycles. The zero-order valence-corrected chi connectivity index (χ0v) is 10.9. The van der Waals surface area contributed by atoms with Gasteiger partial charge in [-0.2, -0.15) is 0 Å². The summed E-state index contributed by atoms with van der Waals surface area (Å²) in [5.41, 5.74) is 0. The molecular formula is C11H15ClO3S. The Labute approximate surface area is 101 Å². The van der Waals surface area contributed by atoms with Gasteiger partial charge in [0.1, 0.15) is 5.75 Å². The highest BCUT2D eigenvalue weighted by Gasteiger charge is 2.09. The maximum absolute atomic E-state index is 11.0. The van der Waals surface area contributed by atoms with E-state index in [2.05, 4.69) is 13.8 Å². The van der Waals surface area contributed by atoms with Crippen LogP contribution in [0.1, 0.15) is 20.3 Å². The zero-order chi connectivity index (χ0) is 12.2. The van der Waals surface area contributed by atoms with Gasteiger partial charge in [0, 0.05) is 10.7 Å². The average Bonchev–Trinajstić information content (AvgIpc) is 2.25. The molecule has 16 heavy (non-hydrogen) atoms. The number of benzene rings is 1. The lowest BCUT2D eigenvalue weighted by molar-refractivity contribution is 0.256. The summed E-state index contributed by atoms with van der Waals surface area (Å²) in [6, 6.07) is 6.10. The molecule has 0 saturated carbocycles. The summed E-state index contributed by atoms with van der Waals surface area (Å²) in [7, 11) is 1.55. The molecule has 1 aromatic carbocycles. The summed E-state index contributed by atoms with van der Waals surface area (Å²) in [5.74, 6) is 1.14. The van der Waals surface area contributed by atoms with Crippen LogP contribution in [-0.4, -0.2) is 15.0 Å².